The molecule has 2 aliphatic rings. The van der Waals surface area contributed by atoms with Crippen LogP contribution in [-0.2, 0) is 9.53 Å². The Hall–Kier alpha value is -0.610. The second kappa shape index (κ2) is 4.82. The van der Waals surface area contributed by atoms with E-state index in [2.05, 4.69) is 18.7 Å². The van der Waals surface area contributed by atoms with Gasteiger partial charge in [-0.2, -0.15) is 0 Å². The molecule has 2 unspecified atom stereocenters. The lowest BCUT2D eigenvalue weighted by Gasteiger charge is -2.35. The maximum Gasteiger partial charge on any atom is 0.324 e. The van der Waals surface area contributed by atoms with E-state index >= 15 is 0 Å². The van der Waals surface area contributed by atoms with Gasteiger partial charge in [-0.1, -0.05) is 6.92 Å². The van der Waals surface area contributed by atoms with E-state index in [0.29, 0.717) is 6.42 Å². The summed E-state index contributed by atoms with van der Waals surface area (Å²) >= 11 is 0. The number of likely N-dealkylation sites (tertiary alicyclic amines) is 1. The van der Waals surface area contributed by atoms with Crippen molar-refractivity contribution in [2.24, 2.45) is 0 Å². The molecule has 0 aromatic carbocycles. The van der Waals surface area contributed by atoms with Crippen LogP contribution in [0.4, 0.5) is 0 Å². The SMILES string of the molecule is CCC1(C(=O)O)CCCN1CC1CCC(C)(C)O1. The van der Waals surface area contributed by atoms with Gasteiger partial charge in [0, 0.05) is 6.54 Å². The lowest BCUT2D eigenvalue weighted by atomic mass is 9.92. The first-order valence-electron chi connectivity index (χ1n) is 7.06. The van der Waals surface area contributed by atoms with E-state index in [1.54, 1.807) is 0 Å². The fourth-order valence-corrected chi connectivity index (χ4v) is 3.45. The minimum atomic E-state index is -0.667. The smallest absolute Gasteiger partial charge is 0.324 e. The van der Waals surface area contributed by atoms with Gasteiger partial charge in [0.15, 0.2) is 0 Å². The molecule has 2 heterocycles. The largest absolute Gasteiger partial charge is 0.480 e. The highest BCUT2D eigenvalue weighted by Gasteiger charge is 2.47. The number of hydrogen-bond donors (Lipinski definition) is 1. The zero-order chi connectivity index (χ0) is 13.4. The summed E-state index contributed by atoms with van der Waals surface area (Å²) in [5, 5.41) is 9.53. The Kier molecular flexibility index (Phi) is 3.70. The first-order valence-corrected chi connectivity index (χ1v) is 7.06. The predicted molar refractivity (Wildman–Crippen MR) is 69.7 cm³/mol. The van der Waals surface area contributed by atoms with Crippen LogP contribution in [0.25, 0.3) is 0 Å². The molecule has 1 N–H and O–H groups in total. The number of aliphatic carboxylic acids is 1. The number of nitrogens with zero attached hydrogens (tertiary/aromatic N) is 1. The number of rotatable bonds is 4. The standard InChI is InChI=1S/C14H25NO3/c1-4-14(12(16)17)7-5-9-15(14)10-11-6-8-13(2,3)18-11/h11H,4-10H2,1-3H3,(H,16,17). The molecule has 0 bridgehead atoms. The lowest BCUT2D eigenvalue weighted by molar-refractivity contribution is -0.151. The molecule has 0 aromatic heterocycles. The van der Waals surface area contributed by atoms with Crippen molar-refractivity contribution in [1.29, 1.82) is 0 Å². The van der Waals surface area contributed by atoms with Crippen LogP contribution in [0.2, 0.25) is 0 Å². The maximum absolute atomic E-state index is 11.6. The third kappa shape index (κ3) is 2.41. The summed E-state index contributed by atoms with van der Waals surface area (Å²) in [5.41, 5.74) is -0.682. The average Bonchev–Trinajstić information content (AvgIpc) is 2.83. The Bertz CT molecular complexity index is 329. The van der Waals surface area contributed by atoms with Crippen LogP contribution < -0.4 is 0 Å². The van der Waals surface area contributed by atoms with Crippen LogP contribution in [0.15, 0.2) is 0 Å². The molecular weight excluding hydrogens is 230 g/mol. The van der Waals surface area contributed by atoms with E-state index in [9.17, 15) is 9.90 Å². The summed E-state index contributed by atoms with van der Waals surface area (Å²) in [7, 11) is 0. The molecule has 2 saturated heterocycles. The van der Waals surface area contributed by atoms with Crippen molar-refractivity contribution < 1.29 is 14.6 Å². The molecule has 0 spiro atoms. The van der Waals surface area contributed by atoms with Crippen molar-refractivity contribution in [3.8, 4) is 0 Å². The molecule has 104 valence electrons. The number of carbonyl (C=O) groups is 1. The van der Waals surface area contributed by atoms with Gasteiger partial charge in [0.05, 0.1) is 11.7 Å². The van der Waals surface area contributed by atoms with Gasteiger partial charge in [0.1, 0.15) is 5.54 Å². The Morgan fingerprint density at radius 3 is 2.67 bits per heavy atom. The van der Waals surface area contributed by atoms with E-state index in [0.717, 1.165) is 38.8 Å². The summed E-state index contributed by atoms with van der Waals surface area (Å²) in [5.74, 6) is -0.667. The zero-order valence-corrected chi connectivity index (χ0v) is 11.7. The van der Waals surface area contributed by atoms with Gasteiger partial charge in [-0.15, -0.1) is 0 Å². The van der Waals surface area contributed by atoms with Gasteiger partial charge in [-0.05, 0) is 52.5 Å². The lowest BCUT2D eigenvalue weighted by Crippen LogP contribution is -2.52. The van der Waals surface area contributed by atoms with E-state index < -0.39 is 11.5 Å². The second-order valence-corrected chi connectivity index (χ2v) is 6.28. The predicted octanol–water partition coefficient (Wildman–Crippen LogP) is 2.27. The molecule has 0 radical (unpaired) electrons. The van der Waals surface area contributed by atoms with E-state index in [1.807, 2.05) is 6.92 Å². The molecule has 2 aliphatic heterocycles. The first-order chi connectivity index (χ1) is 8.39. The van der Waals surface area contributed by atoms with Crippen molar-refractivity contribution in [3.63, 3.8) is 0 Å². The summed E-state index contributed by atoms with van der Waals surface area (Å²) in [6, 6.07) is 0. The molecule has 18 heavy (non-hydrogen) atoms. The Labute approximate surface area is 109 Å². The molecule has 2 atom stereocenters. The molecular formula is C14H25NO3. The van der Waals surface area contributed by atoms with E-state index in [-0.39, 0.29) is 11.7 Å². The Balaban J connectivity index is 2.02. The van der Waals surface area contributed by atoms with Crippen molar-refractivity contribution in [1.82, 2.24) is 4.90 Å². The van der Waals surface area contributed by atoms with Crippen LogP contribution in [0.3, 0.4) is 0 Å². The highest BCUT2D eigenvalue weighted by atomic mass is 16.5. The maximum atomic E-state index is 11.6. The quantitative estimate of drug-likeness (QED) is 0.837. The van der Waals surface area contributed by atoms with Gasteiger partial charge in [0.25, 0.3) is 0 Å². The monoisotopic (exact) mass is 255 g/mol. The highest BCUT2D eigenvalue weighted by Crippen LogP contribution is 2.36. The topological polar surface area (TPSA) is 49.8 Å². The summed E-state index contributed by atoms with van der Waals surface area (Å²) in [6.07, 6.45) is 4.74. The molecule has 2 fully saturated rings. The fourth-order valence-electron chi connectivity index (χ4n) is 3.45. The number of carboxylic acids is 1. The van der Waals surface area contributed by atoms with Gasteiger partial charge >= 0.3 is 5.97 Å². The van der Waals surface area contributed by atoms with Crippen molar-refractivity contribution in [2.75, 3.05) is 13.1 Å². The van der Waals surface area contributed by atoms with Crippen LogP contribution in [0.1, 0.15) is 52.9 Å². The van der Waals surface area contributed by atoms with E-state index in [1.165, 1.54) is 0 Å². The molecule has 0 amide bonds. The molecule has 2 rings (SSSR count). The number of carboxylic acid groups (broad SMARTS) is 1. The van der Waals surface area contributed by atoms with Crippen molar-refractivity contribution >= 4 is 5.97 Å². The van der Waals surface area contributed by atoms with Crippen LogP contribution in [0, 0.1) is 0 Å². The van der Waals surface area contributed by atoms with Crippen LogP contribution >= 0.6 is 0 Å². The Morgan fingerprint density at radius 1 is 1.44 bits per heavy atom. The van der Waals surface area contributed by atoms with Crippen LogP contribution in [-0.4, -0.2) is 46.3 Å². The fraction of sp³-hybridized carbons (Fsp3) is 0.929. The van der Waals surface area contributed by atoms with E-state index in [4.69, 9.17) is 4.74 Å². The molecule has 4 heteroatoms. The Morgan fingerprint density at radius 2 is 2.17 bits per heavy atom. The first kappa shape index (κ1) is 13.8. The van der Waals surface area contributed by atoms with Crippen LogP contribution in [0.5, 0.6) is 0 Å². The summed E-state index contributed by atoms with van der Waals surface area (Å²) < 4.78 is 5.99. The highest BCUT2D eigenvalue weighted by molar-refractivity contribution is 5.79. The molecule has 0 aromatic rings. The van der Waals surface area contributed by atoms with Gasteiger partial charge < -0.3 is 9.84 Å². The van der Waals surface area contributed by atoms with Gasteiger partial charge in [0.2, 0.25) is 0 Å². The zero-order valence-electron chi connectivity index (χ0n) is 11.7. The number of ether oxygens (including phenoxy) is 1. The minimum Gasteiger partial charge on any atom is -0.480 e. The number of hydrogen-bond acceptors (Lipinski definition) is 3. The molecule has 0 aliphatic carbocycles. The van der Waals surface area contributed by atoms with Gasteiger partial charge in [-0.3, -0.25) is 9.69 Å². The van der Waals surface area contributed by atoms with Crippen molar-refractivity contribution in [2.45, 2.75) is 70.1 Å². The van der Waals surface area contributed by atoms with Crippen molar-refractivity contribution in [3.05, 3.63) is 0 Å². The third-order valence-corrected chi connectivity index (χ3v) is 4.58. The normalized spacial score (nSPS) is 36.1. The molecule has 4 nitrogen and oxygen atoms in total. The molecule has 0 saturated carbocycles. The minimum absolute atomic E-state index is 0.0392. The second-order valence-electron chi connectivity index (χ2n) is 6.28. The third-order valence-electron chi connectivity index (χ3n) is 4.58. The average molecular weight is 255 g/mol. The van der Waals surface area contributed by atoms with Gasteiger partial charge in [-0.25, -0.2) is 0 Å². The summed E-state index contributed by atoms with van der Waals surface area (Å²) in [4.78, 5) is 13.7. The summed E-state index contributed by atoms with van der Waals surface area (Å²) in [6.45, 7) is 7.86.